The van der Waals surface area contributed by atoms with Crippen molar-refractivity contribution in [3.05, 3.63) is 29.2 Å². The van der Waals surface area contributed by atoms with Gasteiger partial charge < -0.3 is 15.0 Å². The molecule has 0 saturated carbocycles. The summed E-state index contributed by atoms with van der Waals surface area (Å²) in [5, 5.41) is 4.07. The van der Waals surface area contributed by atoms with Crippen LogP contribution in [-0.4, -0.2) is 44.6 Å². The molecule has 8 heteroatoms. The molecular weight excluding hydrogens is 362 g/mol. The summed E-state index contributed by atoms with van der Waals surface area (Å²) in [6, 6.07) is 1.85. The highest BCUT2D eigenvalue weighted by Crippen LogP contribution is 2.24. The average Bonchev–Trinajstić information content (AvgIpc) is 2.99. The minimum Gasteiger partial charge on any atom is -0.444 e. The molecule has 0 aromatic carbocycles. The topological polar surface area (TPSA) is 80.2 Å². The van der Waals surface area contributed by atoms with Crippen molar-refractivity contribution >= 4 is 28.4 Å². The summed E-state index contributed by atoms with van der Waals surface area (Å²) in [7, 11) is 0. The number of piperidine rings is 1. The Labute approximate surface area is 164 Å². The van der Waals surface area contributed by atoms with Crippen molar-refractivity contribution < 1.29 is 9.53 Å². The van der Waals surface area contributed by atoms with Crippen molar-refractivity contribution in [3.8, 4) is 0 Å². The van der Waals surface area contributed by atoms with E-state index in [-0.39, 0.29) is 6.09 Å². The summed E-state index contributed by atoms with van der Waals surface area (Å²) in [5.74, 6) is 2.06. The molecule has 1 amide bonds. The Morgan fingerprint density at radius 1 is 1.33 bits per heavy atom. The lowest BCUT2D eigenvalue weighted by atomic mass is 9.93. The summed E-state index contributed by atoms with van der Waals surface area (Å²) in [4.78, 5) is 28.4. The number of amides is 1. The lowest BCUT2D eigenvalue weighted by molar-refractivity contribution is 0.0184. The zero-order valence-corrected chi connectivity index (χ0v) is 17.2. The molecule has 7 nitrogen and oxygen atoms in total. The number of rotatable bonds is 4. The molecular formula is C19H27N5O2S. The molecule has 146 valence electrons. The van der Waals surface area contributed by atoms with Gasteiger partial charge in [0.25, 0.3) is 0 Å². The standard InChI is InChI=1S/C19H27N5O2S/c1-13-12-21-17(27-13)23-15-5-8-20-16(22-15)11-14-6-9-24(10-7-14)18(25)26-19(2,3)4/h5,8,12,14H,6-7,9-11H2,1-4H3,(H,20,21,22,23). The lowest BCUT2D eigenvalue weighted by Gasteiger charge is -2.33. The van der Waals surface area contributed by atoms with Gasteiger partial charge in [0.05, 0.1) is 0 Å². The Kier molecular flexibility index (Phi) is 5.94. The first-order valence-corrected chi connectivity index (χ1v) is 10.1. The third kappa shape index (κ3) is 5.89. The highest BCUT2D eigenvalue weighted by molar-refractivity contribution is 7.15. The van der Waals surface area contributed by atoms with Gasteiger partial charge in [-0.3, -0.25) is 0 Å². The maximum Gasteiger partial charge on any atom is 0.410 e. The van der Waals surface area contributed by atoms with E-state index in [0.717, 1.165) is 54.0 Å². The minimum absolute atomic E-state index is 0.220. The van der Waals surface area contributed by atoms with Gasteiger partial charge in [0, 0.05) is 36.8 Å². The van der Waals surface area contributed by atoms with Crippen molar-refractivity contribution in [2.75, 3.05) is 18.4 Å². The molecule has 3 heterocycles. The van der Waals surface area contributed by atoms with E-state index >= 15 is 0 Å². The summed E-state index contributed by atoms with van der Waals surface area (Å²) in [6.07, 6.45) is 6.09. The highest BCUT2D eigenvalue weighted by Gasteiger charge is 2.27. The number of hydrogen-bond acceptors (Lipinski definition) is 7. The molecule has 1 aliphatic rings. The van der Waals surface area contributed by atoms with Crippen molar-refractivity contribution in [2.45, 2.75) is 52.6 Å². The zero-order valence-electron chi connectivity index (χ0n) is 16.4. The number of carbonyl (C=O) groups is 1. The predicted molar refractivity (Wildman–Crippen MR) is 106 cm³/mol. The SMILES string of the molecule is Cc1cnc(Nc2ccnc(CC3CCN(C(=O)OC(C)(C)C)CC3)n2)s1. The zero-order chi connectivity index (χ0) is 19.4. The molecule has 0 unspecified atom stereocenters. The van der Waals surface area contributed by atoms with Crippen LogP contribution in [0.4, 0.5) is 15.7 Å². The van der Waals surface area contributed by atoms with E-state index in [9.17, 15) is 4.79 Å². The van der Waals surface area contributed by atoms with E-state index in [2.05, 4.69) is 20.3 Å². The van der Waals surface area contributed by atoms with E-state index < -0.39 is 5.60 Å². The van der Waals surface area contributed by atoms with Crippen LogP contribution in [0.25, 0.3) is 0 Å². The van der Waals surface area contributed by atoms with Gasteiger partial charge >= 0.3 is 6.09 Å². The van der Waals surface area contributed by atoms with Crippen molar-refractivity contribution in [3.63, 3.8) is 0 Å². The molecule has 2 aromatic rings. The number of nitrogens with one attached hydrogen (secondary N) is 1. The summed E-state index contributed by atoms with van der Waals surface area (Å²) in [5.41, 5.74) is -0.453. The van der Waals surface area contributed by atoms with Gasteiger partial charge in [0.15, 0.2) is 5.13 Å². The predicted octanol–water partition coefficient (Wildman–Crippen LogP) is 4.17. The van der Waals surface area contributed by atoms with Gasteiger partial charge in [-0.2, -0.15) is 0 Å². The number of anilines is 2. The molecule has 0 bridgehead atoms. The van der Waals surface area contributed by atoms with Crippen molar-refractivity contribution in [1.29, 1.82) is 0 Å². The first-order chi connectivity index (χ1) is 12.8. The molecule has 1 aliphatic heterocycles. The molecule has 0 spiro atoms. The number of thiazole rings is 1. The monoisotopic (exact) mass is 389 g/mol. The van der Waals surface area contributed by atoms with Gasteiger partial charge in [0.1, 0.15) is 17.2 Å². The number of aromatic nitrogens is 3. The fourth-order valence-corrected chi connectivity index (χ4v) is 3.66. The fourth-order valence-electron chi connectivity index (χ4n) is 2.99. The van der Waals surface area contributed by atoms with Crippen LogP contribution in [0.1, 0.15) is 44.3 Å². The van der Waals surface area contributed by atoms with Crippen molar-refractivity contribution in [1.82, 2.24) is 19.9 Å². The second-order valence-corrected chi connectivity index (χ2v) is 9.11. The average molecular weight is 390 g/mol. The molecule has 0 atom stereocenters. The van der Waals surface area contributed by atoms with E-state index in [4.69, 9.17) is 4.74 Å². The second kappa shape index (κ2) is 8.21. The van der Waals surface area contributed by atoms with Gasteiger partial charge in [-0.15, -0.1) is 11.3 Å². The third-order valence-electron chi connectivity index (χ3n) is 4.30. The molecule has 1 saturated heterocycles. The largest absolute Gasteiger partial charge is 0.444 e. The Balaban J connectivity index is 1.52. The fraction of sp³-hybridized carbons (Fsp3) is 0.579. The van der Waals surface area contributed by atoms with Crippen molar-refractivity contribution in [2.24, 2.45) is 5.92 Å². The van der Waals surface area contributed by atoms with Crippen LogP contribution in [0.3, 0.4) is 0 Å². The minimum atomic E-state index is -0.453. The third-order valence-corrected chi connectivity index (χ3v) is 5.13. The molecule has 0 aliphatic carbocycles. The Hall–Kier alpha value is -2.22. The van der Waals surface area contributed by atoms with Crippen LogP contribution < -0.4 is 5.32 Å². The van der Waals surface area contributed by atoms with Crippen LogP contribution in [0, 0.1) is 12.8 Å². The first-order valence-electron chi connectivity index (χ1n) is 9.28. The maximum atomic E-state index is 12.2. The van der Waals surface area contributed by atoms with Crippen LogP contribution in [0.15, 0.2) is 18.5 Å². The lowest BCUT2D eigenvalue weighted by Crippen LogP contribution is -2.42. The van der Waals surface area contributed by atoms with Crippen LogP contribution in [0.2, 0.25) is 0 Å². The summed E-state index contributed by atoms with van der Waals surface area (Å²) in [6.45, 7) is 9.14. The van der Waals surface area contributed by atoms with E-state index in [1.165, 1.54) is 0 Å². The van der Waals surface area contributed by atoms with Crippen LogP contribution in [-0.2, 0) is 11.2 Å². The van der Waals surface area contributed by atoms with E-state index in [0.29, 0.717) is 5.92 Å². The highest BCUT2D eigenvalue weighted by atomic mass is 32.1. The van der Waals surface area contributed by atoms with E-state index in [1.54, 1.807) is 22.4 Å². The smallest absolute Gasteiger partial charge is 0.410 e. The van der Waals surface area contributed by atoms with Gasteiger partial charge in [-0.1, -0.05) is 0 Å². The van der Waals surface area contributed by atoms with Gasteiger partial charge in [0.2, 0.25) is 0 Å². The summed E-state index contributed by atoms with van der Waals surface area (Å²) < 4.78 is 5.45. The number of ether oxygens (including phenoxy) is 1. The number of nitrogens with zero attached hydrogens (tertiary/aromatic N) is 4. The molecule has 3 rings (SSSR count). The summed E-state index contributed by atoms with van der Waals surface area (Å²) >= 11 is 1.60. The molecule has 1 N–H and O–H groups in total. The second-order valence-electron chi connectivity index (χ2n) is 7.87. The first kappa shape index (κ1) is 19.5. The molecule has 27 heavy (non-hydrogen) atoms. The molecule has 1 fully saturated rings. The van der Waals surface area contributed by atoms with E-state index in [1.807, 2.05) is 40.0 Å². The molecule has 0 radical (unpaired) electrons. The van der Waals surface area contributed by atoms with Crippen LogP contribution >= 0.6 is 11.3 Å². The normalized spacial score (nSPS) is 15.6. The van der Waals surface area contributed by atoms with Gasteiger partial charge in [-0.25, -0.2) is 19.7 Å². The van der Waals surface area contributed by atoms with Gasteiger partial charge in [-0.05, 0) is 52.5 Å². The number of carbonyl (C=O) groups excluding carboxylic acids is 1. The van der Waals surface area contributed by atoms with Crippen LogP contribution in [0.5, 0.6) is 0 Å². The Morgan fingerprint density at radius 2 is 2.07 bits per heavy atom. The number of aryl methyl sites for hydroxylation is 1. The number of hydrogen-bond donors (Lipinski definition) is 1. The quantitative estimate of drug-likeness (QED) is 0.845. The Morgan fingerprint density at radius 3 is 2.70 bits per heavy atom. The molecule has 2 aromatic heterocycles. The maximum absolute atomic E-state index is 12.2. The number of likely N-dealkylation sites (tertiary alicyclic amines) is 1. The Bertz CT molecular complexity index is 778.